The van der Waals surface area contributed by atoms with Crippen LogP contribution in [0.2, 0.25) is 0 Å². The second-order valence-electron chi connectivity index (χ2n) is 22.3. The Morgan fingerprint density at radius 1 is 0.350 bits per heavy atom. The Kier molecular flexibility index (Phi) is 53.6. The van der Waals surface area contributed by atoms with Gasteiger partial charge in [0.05, 0.1) is 26.4 Å². The van der Waals surface area contributed by atoms with Gasteiger partial charge in [-0.05, 0) is 31.6 Å². The molecule has 0 aliphatic carbocycles. The Labute approximate surface area is 486 Å². The molecule has 80 heavy (non-hydrogen) atoms. The number of aliphatic hydroxyl groups excluding tert-OH is 1. The summed E-state index contributed by atoms with van der Waals surface area (Å²) in [4.78, 5) is 72.0. The van der Waals surface area contributed by atoms with E-state index in [0.717, 1.165) is 102 Å². The van der Waals surface area contributed by atoms with Crippen molar-refractivity contribution in [2.75, 3.05) is 39.6 Å². The number of ether oxygens (including phenoxy) is 4. The minimum Gasteiger partial charge on any atom is -0.462 e. The molecule has 3 N–H and O–H groups in total. The normalized spacial score (nSPS) is 14.7. The number of unbranched alkanes of at least 4 members (excludes halogenated alkanes) is 32. The number of carbonyl (C=O) groups is 4. The molecule has 0 amide bonds. The van der Waals surface area contributed by atoms with Crippen LogP contribution in [0.1, 0.15) is 304 Å². The summed E-state index contributed by atoms with van der Waals surface area (Å²) < 4.78 is 67.8. The summed E-state index contributed by atoms with van der Waals surface area (Å²) in [5.74, 6) is -1.37. The van der Waals surface area contributed by atoms with Crippen molar-refractivity contribution in [2.45, 2.75) is 323 Å². The molecule has 17 nitrogen and oxygen atoms in total. The van der Waals surface area contributed by atoms with Gasteiger partial charge in [-0.2, -0.15) is 0 Å². The predicted octanol–water partition coefficient (Wildman–Crippen LogP) is 16.6. The number of phosphoric acid groups is 2. The van der Waals surface area contributed by atoms with Crippen LogP contribution in [-0.2, 0) is 65.4 Å². The lowest BCUT2D eigenvalue weighted by Crippen LogP contribution is -2.30. The lowest BCUT2D eigenvalue weighted by molar-refractivity contribution is -0.161. The Balaban J connectivity index is 5.23. The smallest absolute Gasteiger partial charge is 0.462 e. The molecule has 0 aromatic heterocycles. The van der Waals surface area contributed by atoms with Gasteiger partial charge in [0, 0.05) is 25.7 Å². The predicted molar refractivity (Wildman–Crippen MR) is 317 cm³/mol. The molecule has 19 heteroatoms. The molecule has 3 unspecified atom stereocenters. The quantitative estimate of drug-likeness (QED) is 0.0222. The molecule has 0 spiro atoms. The molecule has 0 bridgehead atoms. The van der Waals surface area contributed by atoms with E-state index in [2.05, 4.69) is 34.6 Å². The van der Waals surface area contributed by atoms with Crippen LogP contribution in [-0.4, -0.2) is 96.7 Å². The van der Waals surface area contributed by atoms with Crippen LogP contribution >= 0.6 is 15.6 Å². The highest BCUT2D eigenvalue weighted by atomic mass is 31.2. The number of esters is 4. The first-order valence-electron chi connectivity index (χ1n) is 32.2. The molecule has 6 atom stereocenters. The molecule has 474 valence electrons. The summed E-state index contributed by atoms with van der Waals surface area (Å²) in [7, 11) is -9.87. The molecule has 0 heterocycles. The minimum absolute atomic E-state index is 0.105. The van der Waals surface area contributed by atoms with E-state index >= 15 is 0 Å². The Morgan fingerprint density at radius 3 is 0.887 bits per heavy atom. The average molecular weight is 1190 g/mol. The van der Waals surface area contributed by atoms with E-state index in [9.17, 15) is 43.2 Å². The molecule has 0 radical (unpaired) electrons. The average Bonchev–Trinajstić information content (AvgIpc) is 3.43. The Bertz CT molecular complexity index is 1570. The van der Waals surface area contributed by atoms with Gasteiger partial charge in [0.1, 0.15) is 19.3 Å². The maximum absolute atomic E-state index is 12.9. The third-order valence-electron chi connectivity index (χ3n) is 14.4. The molecule has 0 saturated heterocycles. The first-order chi connectivity index (χ1) is 38.6. The summed E-state index contributed by atoms with van der Waals surface area (Å²) in [6.07, 6.45) is 37.5. The van der Waals surface area contributed by atoms with Crippen molar-refractivity contribution in [2.24, 2.45) is 5.92 Å². The Morgan fingerprint density at radius 2 is 0.600 bits per heavy atom. The number of rotatable bonds is 61. The van der Waals surface area contributed by atoms with Gasteiger partial charge in [-0.15, -0.1) is 0 Å². The molecule has 0 aliphatic rings. The number of hydrogen-bond acceptors (Lipinski definition) is 15. The van der Waals surface area contributed by atoms with E-state index < -0.39 is 97.5 Å². The van der Waals surface area contributed by atoms with Crippen molar-refractivity contribution in [1.82, 2.24) is 0 Å². The summed E-state index contributed by atoms with van der Waals surface area (Å²) in [6.45, 7) is 7.12. The molecule has 0 aromatic rings. The summed E-state index contributed by atoms with van der Waals surface area (Å²) in [5.41, 5.74) is 0. The van der Waals surface area contributed by atoms with Gasteiger partial charge in [-0.25, -0.2) is 9.13 Å². The highest BCUT2D eigenvalue weighted by Gasteiger charge is 2.30. The number of hydrogen-bond donors (Lipinski definition) is 3. The van der Waals surface area contributed by atoms with Crippen LogP contribution < -0.4 is 0 Å². The largest absolute Gasteiger partial charge is 0.472 e. The SMILES string of the molecule is CCCCCCCCCCCCCC(=O)OC[C@H](COP(=O)(O)OC[C@@H](O)COP(=O)(O)OC[C@@H](COC(=O)CCCCCCCCCC)OC(=O)CCCCCCCCCCC)OC(=O)CCCCCCCCCCC(C)CC. The molecule has 0 aliphatic heterocycles. The molecule has 0 aromatic carbocycles. The van der Waals surface area contributed by atoms with Crippen LogP contribution in [0.3, 0.4) is 0 Å². The zero-order valence-electron chi connectivity index (χ0n) is 51.2. The van der Waals surface area contributed by atoms with Crippen LogP contribution in [0.4, 0.5) is 0 Å². The van der Waals surface area contributed by atoms with E-state index in [-0.39, 0.29) is 25.7 Å². The molecule has 0 saturated carbocycles. The second-order valence-corrected chi connectivity index (χ2v) is 25.2. The second kappa shape index (κ2) is 55.0. The first-order valence-corrected chi connectivity index (χ1v) is 35.2. The van der Waals surface area contributed by atoms with Gasteiger partial charge in [-0.3, -0.25) is 37.3 Å². The number of phosphoric ester groups is 2. The maximum Gasteiger partial charge on any atom is 0.472 e. The van der Waals surface area contributed by atoms with Crippen LogP contribution in [0.25, 0.3) is 0 Å². The maximum atomic E-state index is 12.9. The third kappa shape index (κ3) is 54.0. The van der Waals surface area contributed by atoms with E-state index in [1.807, 2.05) is 0 Å². The fourth-order valence-electron chi connectivity index (χ4n) is 9.02. The van der Waals surface area contributed by atoms with Gasteiger partial charge < -0.3 is 33.8 Å². The number of aliphatic hydroxyl groups is 1. The fraction of sp³-hybridized carbons (Fsp3) is 0.934. The zero-order chi connectivity index (χ0) is 59.2. The lowest BCUT2D eigenvalue weighted by Gasteiger charge is -2.21. The van der Waals surface area contributed by atoms with E-state index in [0.29, 0.717) is 25.7 Å². The van der Waals surface area contributed by atoms with E-state index in [4.69, 9.17) is 37.0 Å². The van der Waals surface area contributed by atoms with Gasteiger partial charge in [-0.1, -0.05) is 253 Å². The zero-order valence-corrected chi connectivity index (χ0v) is 53.0. The van der Waals surface area contributed by atoms with E-state index in [1.165, 1.54) is 122 Å². The molecule has 0 rings (SSSR count). The standard InChI is InChI=1S/C61H118O17P2/c1-6-10-13-16-19-22-23-25-30-35-40-45-59(64)72-51-57(78-61(66)47-42-37-32-27-26-28-33-38-43-54(5)9-4)53-76-80(69,70)74-49-55(62)48-73-79(67,68)75-52-56(50-71-58(63)44-39-34-29-21-18-15-12-8-3)77-60(65)46-41-36-31-24-20-17-14-11-7-2/h54-57,62H,6-53H2,1-5H3,(H,67,68)(H,69,70)/t54?,55-,56+,57+/m0/s1. The van der Waals surface area contributed by atoms with E-state index in [1.54, 1.807) is 0 Å². The third-order valence-corrected chi connectivity index (χ3v) is 16.3. The van der Waals surface area contributed by atoms with Crippen molar-refractivity contribution in [1.29, 1.82) is 0 Å². The highest BCUT2D eigenvalue weighted by Crippen LogP contribution is 2.45. The van der Waals surface area contributed by atoms with Crippen molar-refractivity contribution in [3.05, 3.63) is 0 Å². The summed E-state index contributed by atoms with van der Waals surface area (Å²) in [5, 5.41) is 10.5. The van der Waals surface area contributed by atoms with Crippen molar-refractivity contribution in [3.8, 4) is 0 Å². The van der Waals surface area contributed by atoms with Gasteiger partial charge in [0.25, 0.3) is 0 Å². The van der Waals surface area contributed by atoms with Crippen LogP contribution in [0.15, 0.2) is 0 Å². The highest BCUT2D eigenvalue weighted by molar-refractivity contribution is 7.47. The molecule has 0 fully saturated rings. The van der Waals surface area contributed by atoms with Gasteiger partial charge in [0.2, 0.25) is 0 Å². The van der Waals surface area contributed by atoms with Crippen LogP contribution in [0, 0.1) is 5.92 Å². The Hall–Kier alpha value is -1.94. The summed E-state index contributed by atoms with van der Waals surface area (Å²) >= 11 is 0. The molecular formula is C61H118O17P2. The fourth-order valence-corrected chi connectivity index (χ4v) is 10.6. The monoisotopic (exact) mass is 1180 g/mol. The lowest BCUT2D eigenvalue weighted by atomic mass is 9.99. The van der Waals surface area contributed by atoms with Crippen molar-refractivity contribution < 1.29 is 80.2 Å². The number of carbonyl (C=O) groups excluding carboxylic acids is 4. The minimum atomic E-state index is -4.94. The van der Waals surface area contributed by atoms with Gasteiger partial charge in [0.15, 0.2) is 12.2 Å². The first kappa shape index (κ1) is 78.1. The topological polar surface area (TPSA) is 237 Å². The van der Waals surface area contributed by atoms with Gasteiger partial charge >= 0.3 is 39.5 Å². The van der Waals surface area contributed by atoms with Crippen molar-refractivity contribution >= 4 is 39.5 Å². The molecular weight excluding hydrogens is 1070 g/mol. The van der Waals surface area contributed by atoms with Crippen molar-refractivity contribution in [3.63, 3.8) is 0 Å². The summed E-state index contributed by atoms with van der Waals surface area (Å²) in [6, 6.07) is 0. The van der Waals surface area contributed by atoms with Crippen LogP contribution in [0.5, 0.6) is 0 Å².